The van der Waals surface area contributed by atoms with Gasteiger partial charge in [0.05, 0.1) is 24.8 Å². The van der Waals surface area contributed by atoms with Gasteiger partial charge in [0.25, 0.3) is 5.91 Å². The van der Waals surface area contributed by atoms with Gasteiger partial charge in [-0.2, -0.15) is 0 Å². The number of aromatic amines is 1. The van der Waals surface area contributed by atoms with Crippen molar-refractivity contribution in [3.8, 4) is 11.3 Å². The second-order valence-corrected chi connectivity index (χ2v) is 6.68. The van der Waals surface area contributed by atoms with Gasteiger partial charge in [-0.25, -0.2) is 4.98 Å². The Bertz CT molecular complexity index is 673. The number of nitrogens with zero attached hydrogens (tertiary/aromatic N) is 2. The highest BCUT2D eigenvalue weighted by molar-refractivity contribution is 5.94. The van der Waals surface area contributed by atoms with Crippen molar-refractivity contribution in [3.63, 3.8) is 0 Å². The van der Waals surface area contributed by atoms with Gasteiger partial charge >= 0.3 is 0 Å². The first-order chi connectivity index (χ1) is 11.3. The molecule has 1 atom stereocenters. The quantitative estimate of drug-likeness (QED) is 0.927. The molecule has 1 unspecified atom stereocenters. The van der Waals surface area contributed by atoms with Crippen LogP contribution in [0.25, 0.3) is 11.3 Å². The summed E-state index contributed by atoms with van der Waals surface area (Å²) < 4.78 is 5.58. The molecule has 4 rings (SSSR count). The lowest BCUT2D eigenvalue weighted by Crippen LogP contribution is -2.46. The SMILES string of the molecule is O=C(c1ccc(-c2cnc[nH]2)cc1)N1CCCC2(CCOC2)C1. The molecule has 1 aromatic heterocycles. The summed E-state index contributed by atoms with van der Waals surface area (Å²) in [6.45, 7) is 3.31. The Morgan fingerprint density at radius 2 is 2.13 bits per heavy atom. The van der Waals surface area contributed by atoms with Gasteiger partial charge in [0.1, 0.15) is 0 Å². The van der Waals surface area contributed by atoms with E-state index in [0.29, 0.717) is 0 Å². The molecule has 2 aromatic rings. The van der Waals surface area contributed by atoms with Crippen LogP contribution in [0.4, 0.5) is 0 Å². The van der Waals surface area contributed by atoms with E-state index in [1.54, 1.807) is 12.5 Å². The van der Waals surface area contributed by atoms with Crippen molar-refractivity contribution in [2.45, 2.75) is 19.3 Å². The van der Waals surface area contributed by atoms with E-state index < -0.39 is 0 Å². The van der Waals surface area contributed by atoms with Crippen LogP contribution in [0.3, 0.4) is 0 Å². The summed E-state index contributed by atoms with van der Waals surface area (Å²) in [5, 5.41) is 0. The second-order valence-electron chi connectivity index (χ2n) is 6.68. The van der Waals surface area contributed by atoms with Gasteiger partial charge in [0, 0.05) is 30.7 Å². The molecule has 3 heterocycles. The van der Waals surface area contributed by atoms with Crippen LogP contribution in [0.15, 0.2) is 36.8 Å². The lowest BCUT2D eigenvalue weighted by atomic mass is 9.79. The highest BCUT2D eigenvalue weighted by Crippen LogP contribution is 2.38. The van der Waals surface area contributed by atoms with E-state index in [-0.39, 0.29) is 11.3 Å². The predicted octanol–water partition coefficient (Wildman–Crippen LogP) is 2.72. The maximum atomic E-state index is 12.8. The van der Waals surface area contributed by atoms with Crippen LogP contribution in [-0.4, -0.2) is 47.1 Å². The number of nitrogens with one attached hydrogen (secondary N) is 1. The monoisotopic (exact) mass is 311 g/mol. The van der Waals surface area contributed by atoms with E-state index in [4.69, 9.17) is 4.74 Å². The Hall–Kier alpha value is -2.14. The van der Waals surface area contributed by atoms with Crippen LogP contribution in [0, 0.1) is 5.41 Å². The van der Waals surface area contributed by atoms with E-state index in [2.05, 4.69) is 9.97 Å². The molecule has 23 heavy (non-hydrogen) atoms. The van der Waals surface area contributed by atoms with E-state index in [1.165, 1.54) is 6.42 Å². The highest BCUT2D eigenvalue weighted by atomic mass is 16.5. The van der Waals surface area contributed by atoms with Crippen molar-refractivity contribution in [2.24, 2.45) is 5.41 Å². The van der Waals surface area contributed by atoms with Gasteiger partial charge in [-0.3, -0.25) is 4.79 Å². The van der Waals surface area contributed by atoms with Crippen molar-refractivity contribution >= 4 is 5.91 Å². The largest absolute Gasteiger partial charge is 0.381 e. The molecule has 1 amide bonds. The fraction of sp³-hybridized carbons (Fsp3) is 0.444. The summed E-state index contributed by atoms with van der Waals surface area (Å²) in [7, 11) is 0. The maximum absolute atomic E-state index is 12.8. The van der Waals surface area contributed by atoms with Crippen LogP contribution in [0.5, 0.6) is 0 Å². The molecular weight excluding hydrogens is 290 g/mol. The zero-order valence-electron chi connectivity index (χ0n) is 13.1. The number of carbonyl (C=O) groups excluding carboxylic acids is 1. The fourth-order valence-corrected chi connectivity index (χ4v) is 3.74. The van der Waals surface area contributed by atoms with Gasteiger partial charge in [-0.15, -0.1) is 0 Å². The van der Waals surface area contributed by atoms with Gasteiger partial charge in [0.2, 0.25) is 0 Å². The average molecular weight is 311 g/mol. The summed E-state index contributed by atoms with van der Waals surface area (Å²) in [6, 6.07) is 7.76. The standard InChI is InChI=1S/C18H21N3O2/c22-17(21-8-1-6-18(11-21)7-9-23-12-18)15-4-2-14(3-5-15)16-10-19-13-20-16/h2-5,10,13H,1,6-9,11-12H2,(H,19,20). The van der Waals surface area contributed by atoms with E-state index in [9.17, 15) is 4.79 Å². The van der Waals surface area contributed by atoms with Crippen LogP contribution in [0.2, 0.25) is 0 Å². The van der Waals surface area contributed by atoms with Crippen molar-refractivity contribution in [3.05, 3.63) is 42.4 Å². The molecule has 0 aliphatic carbocycles. The first-order valence-corrected chi connectivity index (χ1v) is 8.22. The Balaban J connectivity index is 1.50. The normalized spacial score (nSPS) is 24.3. The molecule has 5 heteroatoms. The molecule has 0 bridgehead atoms. The van der Waals surface area contributed by atoms with Gasteiger partial charge in [-0.1, -0.05) is 12.1 Å². The van der Waals surface area contributed by atoms with Crippen molar-refractivity contribution < 1.29 is 9.53 Å². The molecule has 1 spiro atoms. The number of ether oxygens (including phenoxy) is 1. The molecule has 2 aliphatic heterocycles. The molecule has 120 valence electrons. The van der Waals surface area contributed by atoms with Gasteiger partial charge in [-0.05, 0) is 37.0 Å². The molecule has 0 saturated carbocycles. The zero-order chi connectivity index (χ0) is 15.7. The molecule has 1 aromatic carbocycles. The number of benzene rings is 1. The number of imidazole rings is 1. The number of likely N-dealkylation sites (tertiary alicyclic amines) is 1. The third-order valence-corrected chi connectivity index (χ3v) is 5.07. The summed E-state index contributed by atoms with van der Waals surface area (Å²) in [5.74, 6) is 0.132. The Morgan fingerprint density at radius 3 is 2.83 bits per heavy atom. The topological polar surface area (TPSA) is 58.2 Å². The third kappa shape index (κ3) is 2.77. The number of amides is 1. The van der Waals surface area contributed by atoms with Gasteiger partial charge < -0.3 is 14.6 Å². The number of carbonyl (C=O) groups is 1. The highest BCUT2D eigenvalue weighted by Gasteiger charge is 2.40. The second kappa shape index (κ2) is 5.81. The number of aromatic nitrogens is 2. The van der Waals surface area contributed by atoms with Crippen LogP contribution in [0.1, 0.15) is 29.6 Å². The number of rotatable bonds is 2. The molecule has 2 fully saturated rings. The number of hydrogen-bond donors (Lipinski definition) is 1. The minimum absolute atomic E-state index is 0.132. The van der Waals surface area contributed by atoms with E-state index >= 15 is 0 Å². The van der Waals surface area contributed by atoms with Crippen LogP contribution < -0.4 is 0 Å². The zero-order valence-corrected chi connectivity index (χ0v) is 13.1. The lowest BCUT2D eigenvalue weighted by Gasteiger charge is -2.39. The summed E-state index contributed by atoms with van der Waals surface area (Å²) in [4.78, 5) is 21.9. The van der Waals surface area contributed by atoms with Crippen molar-refractivity contribution in [1.29, 1.82) is 0 Å². The van der Waals surface area contributed by atoms with E-state index in [0.717, 1.165) is 56.0 Å². The minimum Gasteiger partial charge on any atom is -0.381 e. The fourth-order valence-electron chi connectivity index (χ4n) is 3.74. The molecule has 1 N–H and O–H groups in total. The average Bonchev–Trinajstić information content (AvgIpc) is 3.27. The number of piperidine rings is 1. The molecule has 2 saturated heterocycles. The predicted molar refractivity (Wildman–Crippen MR) is 87.0 cm³/mol. The Kier molecular flexibility index (Phi) is 3.65. The Morgan fingerprint density at radius 1 is 1.26 bits per heavy atom. The first kappa shape index (κ1) is 14.5. The van der Waals surface area contributed by atoms with Crippen molar-refractivity contribution in [2.75, 3.05) is 26.3 Å². The van der Waals surface area contributed by atoms with Crippen LogP contribution in [-0.2, 0) is 4.74 Å². The smallest absolute Gasteiger partial charge is 0.253 e. The van der Waals surface area contributed by atoms with Gasteiger partial charge in [0.15, 0.2) is 0 Å². The minimum atomic E-state index is 0.132. The maximum Gasteiger partial charge on any atom is 0.253 e. The molecule has 0 radical (unpaired) electrons. The van der Waals surface area contributed by atoms with E-state index in [1.807, 2.05) is 29.2 Å². The lowest BCUT2D eigenvalue weighted by molar-refractivity contribution is 0.0462. The molecule has 5 nitrogen and oxygen atoms in total. The number of H-pyrrole nitrogens is 1. The first-order valence-electron chi connectivity index (χ1n) is 8.22. The van der Waals surface area contributed by atoms with Crippen LogP contribution >= 0.6 is 0 Å². The summed E-state index contributed by atoms with van der Waals surface area (Å²) >= 11 is 0. The van der Waals surface area contributed by atoms with Crippen molar-refractivity contribution in [1.82, 2.24) is 14.9 Å². The molecule has 2 aliphatic rings. The Labute approximate surface area is 135 Å². The molecular formula is C18H21N3O2. The summed E-state index contributed by atoms with van der Waals surface area (Å²) in [5.41, 5.74) is 2.95. The third-order valence-electron chi connectivity index (χ3n) is 5.07. The number of hydrogen-bond acceptors (Lipinski definition) is 3. The summed E-state index contributed by atoms with van der Waals surface area (Å²) in [6.07, 6.45) is 6.77.